The number of halogens is 4. The quantitative estimate of drug-likeness (QED) is 0.101. The topological polar surface area (TPSA) is 340 Å². The molecule has 1 aliphatic carbocycles. The van der Waals surface area contributed by atoms with Crippen molar-refractivity contribution in [3.05, 3.63) is 200 Å². The minimum absolute atomic E-state index is 0.0164. The van der Waals surface area contributed by atoms with Gasteiger partial charge in [0.2, 0.25) is 5.82 Å². The molecule has 0 radical (unpaired) electrons. The number of amides is 3. The molecule has 33 heteroatoms. The number of fused-ring (bicyclic) bond motifs is 3. The second-order valence-corrected chi connectivity index (χ2v) is 39.9. The van der Waals surface area contributed by atoms with Crippen molar-refractivity contribution in [2.24, 2.45) is 5.41 Å². The van der Waals surface area contributed by atoms with E-state index < -0.39 is 44.8 Å². The SMILES string of the molecule is CC(C)(C)c1cc(-c2ccc(Cl)c(F)c2)nc2cc(C(=O)N3CCN(c4cccc(C(=O)OS(C)(=O)=O)n4)CC3(C)C)oc12.CC1(C)CCC(c2cc(C(C)(C)C)c3oc(C(=O)N4CCN(c5ccc(-c6nn[nH]n6)cn5)CC4(C)C)cc3n2)CC1.Cc1c(C(=O)O)ccnc1N1CCN(C(=O)c2cc3nc(-c4ccc(Cl)c(F)c4)cc(C(C)(C)C)c3o2)CC1. The number of pyridine rings is 6. The predicted octanol–water partition coefficient (Wildman–Crippen LogP) is 17.9. The van der Waals surface area contributed by atoms with Crippen molar-refractivity contribution in [2.45, 2.75) is 170 Å². The van der Waals surface area contributed by atoms with Crippen molar-refractivity contribution in [1.29, 1.82) is 0 Å². The fourth-order valence-electron chi connectivity index (χ4n) is 16.5. The molecule has 16 rings (SSSR count). The van der Waals surface area contributed by atoms with Gasteiger partial charge < -0.3 is 51.9 Å². The molecular weight excluding hydrogens is 1660 g/mol. The summed E-state index contributed by atoms with van der Waals surface area (Å²) in [6, 6.07) is 30.2. The standard InChI is InChI=1S/C32H42N8O2.C31H32ClFN4O6S.C29H28ClFN4O4/c1-30(2,3)22-16-23(20-10-12-31(4,5)13-11-20)34-24-17-25(42-27(22)24)29(41)40-15-14-39(19-32(40,6)7)26-9-8-21(18-33-26)28-35-37-38-36-28;1-30(2,3)19-15-23(18-10-11-20(32)21(33)14-18)34-24-16-25(42-27(19)24)28(38)37-13-12-36(17-31(37,4)5)26-9-7-8-22(35-26)29(39)43-44(6,40)41;1-16-18(28(37)38)7-8-32-26(16)34-9-11-35(12-10-34)27(36)24-15-23-25(39-24)19(29(2,3)4)14-22(33-23)17-5-6-20(30)21(31)13-17/h8-9,16-18,20H,10-15,19H2,1-7H3,(H,35,36,37,38);7-11,14-16H,12-13,17H2,1-6H3;5-8,13-15H,9-12H2,1-4H3,(H,37,38). The Hall–Kier alpha value is -11.8. The van der Waals surface area contributed by atoms with Gasteiger partial charge >= 0.3 is 22.1 Å². The van der Waals surface area contributed by atoms with Gasteiger partial charge in [-0.2, -0.15) is 13.6 Å². The molecule has 10 aromatic heterocycles. The molecule has 13 heterocycles. The molecule has 1 saturated carbocycles. The Morgan fingerprint density at radius 3 is 1.50 bits per heavy atom. The van der Waals surface area contributed by atoms with Gasteiger partial charge in [-0.3, -0.25) is 14.4 Å². The maximum atomic E-state index is 14.3. The Kier molecular flexibility index (Phi) is 24.5. The summed E-state index contributed by atoms with van der Waals surface area (Å²) < 4.78 is 74.4. The molecule has 12 aromatic rings. The summed E-state index contributed by atoms with van der Waals surface area (Å²) in [6.45, 7) is 38.0. The van der Waals surface area contributed by atoms with E-state index in [0.717, 1.165) is 64.0 Å². The number of aromatic nitrogens is 10. The Balaban J connectivity index is 0.000000153. The van der Waals surface area contributed by atoms with Crippen LogP contribution in [0.4, 0.5) is 26.2 Å². The maximum absolute atomic E-state index is 14.3. The van der Waals surface area contributed by atoms with Crippen LogP contribution in [-0.2, 0) is 30.5 Å². The molecular formula is C92H102Cl2F2N16O12S. The monoisotopic (exact) mass is 1760 g/mol. The maximum Gasteiger partial charge on any atom is 0.372 e. The van der Waals surface area contributed by atoms with E-state index in [1.54, 1.807) is 59.3 Å². The van der Waals surface area contributed by atoms with Crippen LogP contribution < -0.4 is 14.7 Å². The highest BCUT2D eigenvalue weighted by molar-refractivity contribution is 7.86. The predicted molar refractivity (Wildman–Crippen MR) is 475 cm³/mol. The normalized spacial score (nSPS) is 16.4. The summed E-state index contributed by atoms with van der Waals surface area (Å²) in [5.41, 5.74) is 9.51. The van der Waals surface area contributed by atoms with Crippen LogP contribution in [0.3, 0.4) is 0 Å². The molecule has 3 amide bonds. The van der Waals surface area contributed by atoms with Crippen LogP contribution in [0.5, 0.6) is 0 Å². The number of aromatic carboxylic acids is 1. The number of furan rings is 3. The third kappa shape index (κ3) is 19.5. The fraction of sp³-hybridized carbons (Fsp3) is 0.413. The van der Waals surface area contributed by atoms with Crippen LogP contribution in [0, 0.1) is 24.0 Å². The van der Waals surface area contributed by atoms with Crippen LogP contribution in [0.15, 0.2) is 135 Å². The number of benzene rings is 2. The Morgan fingerprint density at radius 2 is 1.04 bits per heavy atom. The highest BCUT2D eigenvalue weighted by Gasteiger charge is 2.43. The van der Waals surface area contributed by atoms with Gasteiger partial charge in [-0.15, -0.1) is 10.2 Å². The molecule has 2 N–H and O–H groups in total. The van der Waals surface area contributed by atoms with E-state index in [9.17, 15) is 46.3 Å². The van der Waals surface area contributed by atoms with Gasteiger partial charge in [0, 0.05) is 147 Å². The van der Waals surface area contributed by atoms with Crippen LogP contribution >= 0.6 is 23.2 Å². The largest absolute Gasteiger partial charge is 0.478 e. The summed E-state index contributed by atoms with van der Waals surface area (Å²) in [6.07, 6.45) is 8.73. The van der Waals surface area contributed by atoms with E-state index in [1.165, 1.54) is 55.4 Å². The molecule has 0 unspecified atom stereocenters. The Bertz CT molecular complexity index is 6270. The number of H-pyrrole nitrogens is 1. The van der Waals surface area contributed by atoms with Crippen molar-refractivity contribution in [3.8, 4) is 33.9 Å². The van der Waals surface area contributed by atoms with Crippen LogP contribution in [0.1, 0.15) is 216 Å². The molecule has 2 aromatic carbocycles. The third-order valence-corrected chi connectivity index (χ3v) is 24.5. The summed E-state index contributed by atoms with van der Waals surface area (Å²) in [4.78, 5) is 104. The first-order chi connectivity index (χ1) is 58.7. The van der Waals surface area contributed by atoms with E-state index >= 15 is 0 Å². The van der Waals surface area contributed by atoms with Crippen molar-refractivity contribution in [2.75, 3.05) is 86.4 Å². The molecule has 28 nitrogen and oxygen atoms in total. The van der Waals surface area contributed by atoms with Gasteiger partial charge in [0.15, 0.2) is 39.7 Å². The van der Waals surface area contributed by atoms with Crippen molar-refractivity contribution >= 4 is 114 Å². The smallest absolute Gasteiger partial charge is 0.372 e. The van der Waals surface area contributed by atoms with E-state index in [4.69, 9.17) is 46.4 Å². The molecule has 4 fully saturated rings. The van der Waals surface area contributed by atoms with Gasteiger partial charge in [-0.05, 0) is 160 Å². The summed E-state index contributed by atoms with van der Waals surface area (Å²) in [5.74, 6) is -0.299. The average Bonchev–Trinajstić information content (AvgIpc) is 1.63. The number of nitrogens with zero attached hydrogens (tertiary/aromatic N) is 15. The number of carbonyl (C=O) groups excluding carboxylic acids is 4. The van der Waals surface area contributed by atoms with Gasteiger partial charge in [0.25, 0.3) is 17.7 Å². The zero-order chi connectivity index (χ0) is 90.1. The van der Waals surface area contributed by atoms with Gasteiger partial charge in [0.05, 0.1) is 44.3 Å². The molecule has 3 aliphatic heterocycles. The highest BCUT2D eigenvalue weighted by Crippen LogP contribution is 2.46. The van der Waals surface area contributed by atoms with E-state index in [1.807, 2.05) is 100 Å². The second-order valence-electron chi connectivity index (χ2n) is 37.5. The van der Waals surface area contributed by atoms with E-state index in [0.29, 0.717) is 150 Å². The minimum Gasteiger partial charge on any atom is -0.478 e. The number of carbonyl (C=O) groups is 5. The lowest BCUT2D eigenvalue weighted by Crippen LogP contribution is -2.61. The van der Waals surface area contributed by atoms with Gasteiger partial charge in [-0.1, -0.05) is 118 Å². The van der Waals surface area contributed by atoms with E-state index in [2.05, 4.69) is 104 Å². The zero-order valence-corrected chi connectivity index (χ0v) is 75.4. The molecule has 4 aliphatic rings. The number of tetrazole rings is 1. The molecule has 0 spiro atoms. The first kappa shape index (κ1) is 89.4. The number of nitrogens with one attached hydrogen (secondary N) is 1. The molecule has 656 valence electrons. The van der Waals surface area contributed by atoms with Crippen LogP contribution in [0.2, 0.25) is 10.0 Å². The number of carboxylic acid groups (broad SMARTS) is 1. The number of piperazine rings is 3. The third-order valence-electron chi connectivity index (χ3n) is 23.4. The van der Waals surface area contributed by atoms with Crippen molar-refractivity contribution < 1.29 is 63.7 Å². The summed E-state index contributed by atoms with van der Waals surface area (Å²) in [7, 11) is -3.99. The summed E-state index contributed by atoms with van der Waals surface area (Å²) >= 11 is 11.8. The minimum atomic E-state index is -3.99. The molecule has 0 atom stereocenters. The lowest BCUT2D eigenvalue weighted by molar-refractivity contribution is 0.0475. The number of rotatable bonds is 13. The summed E-state index contributed by atoms with van der Waals surface area (Å²) in [5, 5.41) is 23.6. The first-order valence-electron chi connectivity index (χ1n) is 41.4. The highest BCUT2D eigenvalue weighted by atomic mass is 35.5. The zero-order valence-electron chi connectivity index (χ0n) is 73.1. The fourth-order valence-corrected chi connectivity index (χ4v) is 17.1. The van der Waals surface area contributed by atoms with Crippen LogP contribution in [-0.4, -0.2) is 191 Å². The number of anilines is 3. The van der Waals surface area contributed by atoms with Crippen molar-refractivity contribution in [3.63, 3.8) is 0 Å². The second kappa shape index (κ2) is 34.3. The Morgan fingerprint density at radius 1 is 0.560 bits per heavy atom. The molecule has 125 heavy (non-hydrogen) atoms. The molecule has 3 saturated heterocycles. The number of carboxylic acids is 1. The Labute approximate surface area is 733 Å². The number of aromatic amines is 1. The molecule has 0 bridgehead atoms. The first-order valence-corrected chi connectivity index (χ1v) is 44.0. The van der Waals surface area contributed by atoms with Crippen LogP contribution in [0.25, 0.3) is 67.2 Å². The van der Waals surface area contributed by atoms with Crippen molar-refractivity contribution in [1.82, 2.24) is 65.2 Å². The average molecular weight is 1760 g/mol. The number of hydrogen-bond acceptors (Lipinski definition) is 23. The van der Waals surface area contributed by atoms with Gasteiger partial charge in [0.1, 0.15) is 45.6 Å². The lowest BCUT2D eigenvalue weighted by Gasteiger charge is -2.47. The number of hydrogen-bond donors (Lipinski definition) is 2. The lowest BCUT2D eigenvalue weighted by atomic mass is 9.72. The van der Waals surface area contributed by atoms with Gasteiger partial charge in [-0.25, -0.2) is 48.3 Å². The van der Waals surface area contributed by atoms with E-state index in [-0.39, 0.29) is 66.8 Å².